The first kappa shape index (κ1) is 16.4. The molecule has 1 aliphatic rings. The van der Waals surface area contributed by atoms with Crippen LogP contribution in [-0.2, 0) is 27.7 Å². The van der Waals surface area contributed by atoms with Crippen LogP contribution in [0.1, 0.15) is 30.9 Å². The van der Waals surface area contributed by atoms with Gasteiger partial charge in [-0.1, -0.05) is 13.0 Å². The van der Waals surface area contributed by atoms with Gasteiger partial charge in [0.15, 0.2) is 0 Å². The highest BCUT2D eigenvalue weighted by atomic mass is 32.2. The van der Waals surface area contributed by atoms with Crippen molar-refractivity contribution in [1.82, 2.24) is 4.31 Å². The van der Waals surface area contributed by atoms with Gasteiger partial charge in [-0.3, -0.25) is 0 Å². The third kappa shape index (κ3) is 3.63. The molecule has 0 aromatic heterocycles. The Bertz CT molecular complexity index is 583. The van der Waals surface area contributed by atoms with E-state index in [4.69, 9.17) is 10.5 Å². The van der Waals surface area contributed by atoms with Crippen LogP contribution in [-0.4, -0.2) is 39.0 Å². The van der Waals surface area contributed by atoms with Gasteiger partial charge in [-0.2, -0.15) is 4.31 Å². The molecule has 21 heavy (non-hydrogen) atoms. The number of nitrogens with two attached hydrogens (primary N) is 1. The van der Waals surface area contributed by atoms with Gasteiger partial charge in [0.1, 0.15) is 0 Å². The maximum atomic E-state index is 12.8. The van der Waals surface area contributed by atoms with E-state index in [-0.39, 0.29) is 6.04 Å². The maximum Gasteiger partial charge on any atom is 0.243 e. The molecule has 0 bridgehead atoms. The second kappa shape index (κ2) is 6.87. The van der Waals surface area contributed by atoms with Crippen molar-refractivity contribution in [3.63, 3.8) is 0 Å². The van der Waals surface area contributed by atoms with Gasteiger partial charge < -0.3 is 10.5 Å². The Morgan fingerprint density at radius 2 is 2.05 bits per heavy atom. The maximum absolute atomic E-state index is 12.8. The summed E-state index contributed by atoms with van der Waals surface area (Å²) in [5, 5.41) is 0. The minimum absolute atomic E-state index is 0.123. The van der Waals surface area contributed by atoms with Crippen molar-refractivity contribution in [3.05, 3.63) is 29.3 Å². The zero-order valence-electron chi connectivity index (χ0n) is 12.7. The summed E-state index contributed by atoms with van der Waals surface area (Å²) in [5.74, 6) is 0. The number of sulfonamides is 1. The Hall–Kier alpha value is -0.950. The lowest BCUT2D eigenvalue weighted by molar-refractivity contribution is 0.177. The van der Waals surface area contributed by atoms with E-state index in [1.807, 2.05) is 13.0 Å². The van der Waals surface area contributed by atoms with E-state index in [2.05, 4.69) is 0 Å². The van der Waals surface area contributed by atoms with Crippen molar-refractivity contribution < 1.29 is 13.2 Å². The van der Waals surface area contributed by atoms with E-state index in [9.17, 15) is 8.42 Å². The van der Waals surface area contributed by atoms with E-state index in [0.717, 1.165) is 30.4 Å². The van der Waals surface area contributed by atoms with Crippen LogP contribution >= 0.6 is 0 Å². The minimum atomic E-state index is -3.47. The van der Waals surface area contributed by atoms with Gasteiger partial charge in [0.05, 0.1) is 11.5 Å². The topological polar surface area (TPSA) is 72.6 Å². The Labute approximate surface area is 127 Å². The van der Waals surface area contributed by atoms with Crippen molar-refractivity contribution in [1.29, 1.82) is 0 Å². The molecule has 0 radical (unpaired) electrons. The molecule has 5 nitrogen and oxygen atoms in total. The standard InChI is InChI=1S/C15H24N2O3S/c1-3-12-4-7-15(10-13(12)11-16)21(18,19)17(8-9-20-2)14-5-6-14/h4,7,10,14H,3,5-6,8-9,11,16H2,1-2H3. The van der Waals surface area contributed by atoms with Gasteiger partial charge in [0.25, 0.3) is 0 Å². The Morgan fingerprint density at radius 1 is 1.33 bits per heavy atom. The predicted octanol–water partition coefficient (Wildman–Crippen LogP) is 1.51. The summed E-state index contributed by atoms with van der Waals surface area (Å²) in [6.07, 6.45) is 2.71. The molecule has 1 aromatic carbocycles. The average molecular weight is 312 g/mol. The van der Waals surface area contributed by atoms with Crippen molar-refractivity contribution in [2.24, 2.45) is 5.73 Å². The molecule has 0 heterocycles. The zero-order valence-corrected chi connectivity index (χ0v) is 13.5. The van der Waals surface area contributed by atoms with Gasteiger partial charge in [-0.15, -0.1) is 0 Å². The second-order valence-electron chi connectivity index (χ2n) is 5.33. The number of hydrogen-bond donors (Lipinski definition) is 1. The lowest BCUT2D eigenvalue weighted by Gasteiger charge is -2.22. The largest absolute Gasteiger partial charge is 0.383 e. The Balaban J connectivity index is 2.32. The van der Waals surface area contributed by atoms with E-state index >= 15 is 0 Å². The molecule has 6 heteroatoms. The molecule has 1 aliphatic carbocycles. The quantitative estimate of drug-likeness (QED) is 0.789. The molecule has 0 aliphatic heterocycles. The van der Waals surface area contributed by atoms with Gasteiger partial charge in [-0.25, -0.2) is 8.42 Å². The Kier molecular flexibility index (Phi) is 5.37. The molecule has 1 fully saturated rings. The molecule has 0 unspecified atom stereocenters. The smallest absolute Gasteiger partial charge is 0.243 e. The highest BCUT2D eigenvalue weighted by molar-refractivity contribution is 7.89. The molecule has 0 amide bonds. The summed E-state index contributed by atoms with van der Waals surface area (Å²) in [6, 6.07) is 5.40. The summed E-state index contributed by atoms with van der Waals surface area (Å²) < 4.78 is 32.2. The molecule has 1 aromatic rings. The summed E-state index contributed by atoms with van der Waals surface area (Å²) in [6.45, 7) is 3.20. The van der Waals surface area contributed by atoms with E-state index < -0.39 is 10.0 Å². The third-order valence-electron chi connectivity index (χ3n) is 3.86. The first-order valence-electron chi connectivity index (χ1n) is 7.37. The SMILES string of the molecule is CCc1ccc(S(=O)(=O)N(CCOC)C2CC2)cc1CN. The summed E-state index contributed by atoms with van der Waals surface area (Å²) in [5.41, 5.74) is 7.75. The Morgan fingerprint density at radius 3 is 2.57 bits per heavy atom. The molecule has 0 spiro atoms. The molecule has 1 saturated carbocycles. The average Bonchev–Trinajstić information content (AvgIpc) is 3.31. The van der Waals surface area contributed by atoms with Gasteiger partial charge in [-0.05, 0) is 42.5 Å². The lowest BCUT2D eigenvalue weighted by atomic mass is 10.1. The van der Waals surface area contributed by atoms with Crippen LogP contribution in [0.2, 0.25) is 0 Å². The molecule has 2 rings (SSSR count). The van der Waals surface area contributed by atoms with Crippen LogP contribution < -0.4 is 5.73 Å². The van der Waals surface area contributed by atoms with Crippen LogP contribution in [0.3, 0.4) is 0 Å². The van der Waals surface area contributed by atoms with Crippen molar-refractivity contribution in [2.45, 2.75) is 43.7 Å². The van der Waals surface area contributed by atoms with Crippen LogP contribution in [0.4, 0.5) is 0 Å². The number of hydrogen-bond acceptors (Lipinski definition) is 4. The number of methoxy groups -OCH3 is 1. The highest BCUT2D eigenvalue weighted by Crippen LogP contribution is 2.32. The molecule has 0 atom stereocenters. The number of benzene rings is 1. The number of ether oxygens (including phenoxy) is 1. The normalized spacial score (nSPS) is 15.6. The summed E-state index contributed by atoms with van der Waals surface area (Å²) in [7, 11) is -1.89. The van der Waals surface area contributed by atoms with Crippen molar-refractivity contribution >= 4 is 10.0 Å². The number of nitrogens with zero attached hydrogens (tertiary/aromatic N) is 1. The fraction of sp³-hybridized carbons (Fsp3) is 0.600. The van der Waals surface area contributed by atoms with Crippen LogP contribution in [0.25, 0.3) is 0 Å². The van der Waals surface area contributed by atoms with Gasteiger partial charge in [0, 0.05) is 26.2 Å². The fourth-order valence-electron chi connectivity index (χ4n) is 2.48. The fourth-order valence-corrected chi connectivity index (χ4v) is 4.20. The molecule has 0 saturated heterocycles. The van der Waals surface area contributed by atoms with Gasteiger partial charge in [0.2, 0.25) is 10.0 Å². The molecular formula is C15H24N2O3S. The molecule has 118 valence electrons. The van der Waals surface area contributed by atoms with E-state index in [1.165, 1.54) is 0 Å². The van der Waals surface area contributed by atoms with E-state index in [0.29, 0.717) is 24.6 Å². The van der Waals surface area contributed by atoms with Crippen LogP contribution in [0, 0.1) is 0 Å². The minimum Gasteiger partial charge on any atom is -0.383 e. The molecular weight excluding hydrogens is 288 g/mol. The second-order valence-corrected chi connectivity index (χ2v) is 7.22. The van der Waals surface area contributed by atoms with E-state index in [1.54, 1.807) is 23.5 Å². The summed E-state index contributed by atoms with van der Waals surface area (Å²) >= 11 is 0. The monoisotopic (exact) mass is 312 g/mol. The predicted molar refractivity (Wildman–Crippen MR) is 82.5 cm³/mol. The zero-order chi connectivity index (χ0) is 15.5. The van der Waals surface area contributed by atoms with Gasteiger partial charge >= 0.3 is 0 Å². The number of rotatable bonds is 8. The van der Waals surface area contributed by atoms with Crippen molar-refractivity contribution in [3.8, 4) is 0 Å². The number of aryl methyl sites for hydroxylation is 1. The molecule has 2 N–H and O–H groups in total. The van der Waals surface area contributed by atoms with Crippen molar-refractivity contribution in [2.75, 3.05) is 20.3 Å². The first-order valence-corrected chi connectivity index (χ1v) is 8.81. The highest BCUT2D eigenvalue weighted by Gasteiger charge is 2.37. The summed E-state index contributed by atoms with van der Waals surface area (Å²) in [4.78, 5) is 0.336. The first-order chi connectivity index (χ1) is 10.0. The third-order valence-corrected chi connectivity index (χ3v) is 5.80. The lowest BCUT2D eigenvalue weighted by Crippen LogP contribution is -2.35. The van der Waals surface area contributed by atoms with Crippen LogP contribution in [0.15, 0.2) is 23.1 Å². The van der Waals surface area contributed by atoms with Crippen LogP contribution in [0.5, 0.6) is 0 Å².